The van der Waals surface area contributed by atoms with Gasteiger partial charge >= 0.3 is 0 Å². The summed E-state index contributed by atoms with van der Waals surface area (Å²) in [6.45, 7) is 3.37. The van der Waals surface area contributed by atoms with E-state index in [-0.39, 0.29) is 16.0 Å². The molecule has 0 aliphatic carbocycles. The number of nitrogens with zero attached hydrogens (tertiary/aromatic N) is 1. The lowest BCUT2D eigenvalue weighted by Crippen LogP contribution is -2.40. The Morgan fingerprint density at radius 3 is 2.76 bits per heavy atom. The molecule has 0 N–H and O–H groups in total. The fraction of sp³-hybridized carbons (Fsp3) is 0.692. The second-order valence-corrected chi connectivity index (χ2v) is 7.67. The number of sulfonamides is 1. The average Bonchev–Trinajstić information content (AvgIpc) is 2.76. The van der Waals surface area contributed by atoms with Crippen LogP contribution in [0, 0.1) is 0 Å². The van der Waals surface area contributed by atoms with E-state index in [0.717, 1.165) is 17.8 Å². The molecule has 8 heteroatoms. The normalized spacial score (nSPS) is 21.0. The Labute approximate surface area is 129 Å². The van der Waals surface area contributed by atoms with Gasteiger partial charge in [0.2, 0.25) is 0 Å². The lowest BCUT2D eigenvalue weighted by molar-refractivity contribution is 0.147. The van der Waals surface area contributed by atoms with Gasteiger partial charge in [-0.15, -0.1) is 11.3 Å². The molecule has 1 aromatic heterocycles. The fourth-order valence-electron chi connectivity index (χ4n) is 2.45. The van der Waals surface area contributed by atoms with E-state index in [0.29, 0.717) is 31.9 Å². The van der Waals surface area contributed by atoms with Crippen molar-refractivity contribution in [1.29, 1.82) is 0 Å². The van der Waals surface area contributed by atoms with Gasteiger partial charge < -0.3 is 14.2 Å². The van der Waals surface area contributed by atoms with Gasteiger partial charge in [-0.2, -0.15) is 4.31 Å². The Kier molecular flexibility index (Phi) is 5.48. The quantitative estimate of drug-likeness (QED) is 0.823. The summed E-state index contributed by atoms with van der Waals surface area (Å²) in [5.41, 5.74) is 0. The molecule has 120 valence electrons. The molecule has 0 amide bonds. The highest BCUT2D eigenvalue weighted by Gasteiger charge is 2.36. The second-order valence-electron chi connectivity index (χ2n) is 4.70. The van der Waals surface area contributed by atoms with Crippen LogP contribution in [0.2, 0.25) is 0 Å². The first-order valence-corrected chi connectivity index (χ1v) is 9.17. The number of hydrogen-bond acceptors (Lipinski definition) is 6. The van der Waals surface area contributed by atoms with Crippen molar-refractivity contribution in [3.05, 3.63) is 5.38 Å². The highest BCUT2D eigenvalue weighted by molar-refractivity contribution is 7.91. The number of hydrogen-bond donors (Lipinski definition) is 0. The third-order valence-corrected chi connectivity index (χ3v) is 6.98. The smallest absolute Gasteiger partial charge is 0.256 e. The molecule has 0 radical (unpaired) electrons. The van der Waals surface area contributed by atoms with Crippen molar-refractivity contribution in [2.75, 3.05) is 34.0 Å². The molecule has 1 aliphatic heterocycles. The van der Waals surface area contributed by atoms with Gasteiger partial charge in [0.1, 0.15) is 0 Å². The summed E-state index contributed by atoms with van der Waals surface area (Å²) >= 11 is 1.12. The van der Waals surface area contributed by atoms with E-state index in [4.69, 9.17) is 14.2 Å². The van der Waals surface area contributed by atoms with Crippen LogP contribution in [0.5, 0.6) is 11.5 Å². The van der Waals surface area contributed by atoms with Crippen molar-refractivity contribution in [2.45, 2.75) is 30.0 Å². The van der Waals surface area contributed by atoms with Crippen molar-refractivity contribution in [1.82, 2.24) is 4.31 Å². The van der Waals surface area contributed by atoms with Crippen molar-refractivity contribution < 1.29 is 22.6 Å². The summed E-state index contributed by atoms with van der Waals surface area (Å²) in [4.78, 5) is 0. The van der Waals surface area contributed by atoms with Crippen molar-refractivity contribution in [3.8, 4) is 11.5 Å². The highest BCUT2D eigenvalue weighted by Crippen LogP contribution is 2.42. The Balaban J connectivity index is 2.42. The zero-order valence-electron chi connectivity index (χ0n) is 12.5. The van der Waals surface area contributed by atoms with Gasteiger partial charge in [-0.3, -0.25) is 0 Å². The standard InChI is InChI=1S/C13H21NO5S2/c1-4-10-5-7-19-8-6-14(10)21(15,16)13-12(18-3)11(17-2)9-20-13/h9-10H,4-8H2,1-3H3. The number of ether oxygens (including phenoxy) is 3. The fourth-order valence-corrected chi connectivity index (χ4v) is 5.67. The first-order valence-electron chi connectivity index (χ1n) is 6.85. The summed E-state index contributed by atoms with van der Waals surface area (Å²) in [5.74, 6) is 0.725. The number of rotatable bonds is 5. The maximum atomic E-state index is 13.0. The molecule has 21 heavy (non-hydrogen) atoms. The molecule has 0 bridgehead atoms. The zero-order chi connectivity index (χ0) is 15.5. The van der Waals surface area contributed by atoms with E-state index < -0.39 is 10.0 Å². The Hall–Kier alpha value is -0.830. The van der Waals surface area contributed by atoms with Crippen molar-refractivity contribution in [3.63, 3.8) is 0 Å². The average molecular weight is 335 g/mol. The summed E-state index contributed by atoms with van der Waals surface area (Å²) < 4.78 is 43.5. The highest BCUT2D eigenvalue weighted by atomic mass is 32.2. The van der Waals surface area contributed by atoms with Crippen LogP contribution in [-0.2, 0) is 14.8 Å². The Morgan fingerprint density at radius 2 is 2.14 bits per heavy atom. The Bertz CT molecular complexity index is 569. The first kappa shape index (κ1) is 16.5. The summed E-state index contributed by atoms with van der Waals surface area (Å²) in [6.07, 6.45) is 1.47. The predicted molar refractivity (Wildman–Crippen MR) is 80.8 cm³/mol. The molecule has 2 rings (SSSR count). The SMILES string of the molecule is CCC1CCOCCN1S(=O)(=O)c1scc(OC)c1OC. The molecular weight excluding hydrogens is 314 g/mol. The first-order chi connectivity index (χ1) is 10.1. The molecule has 0 spiro atoms. The molecule has 1 unspecified atom stereocenters. The molecule has 6 nitrogen and oxygen atoms in total. The van der Waals surface area contributed by atoms with Gasteiger partial charge in [0.25, 0.3) is 10.0 Å². The third-order valence-electron chi connectivity index (χ3n) is 3.58. The summed E-state index contributed by atoms with van der Waals surface area (Å²) in [6, 6.07) is -0.0460. The third kappa shape index (κ3) is 3.18. The minimum Gasteiger partial charge on any atom is -0.492 e. The van der Waals surface area contributed by atoms with E-state index in [1.165, 1.54) is 18.5 Å². The molecular formula is C13H21NO5S2. The van der Waals surface area contributed by atoms with Crippen LogP contribution in [0.15, 0.2) is 9.59 Å². The van der Waals surface area contributed by atoms with E-state index in [1.807, 2.05) is 6.92 Å². The molecule has 1 aromatic rings. The summed E-state index contributed by atoms with van der Waals surface area (Å²) in [5, 5.41) is 1.65. The topological polar surface area (TPSA) is 65.1 Å². The Morgan fingerprint density at radius 1 is 1.38 bits per heavy atom. The lowest BCUT2D eigenvalue weighted by Gasteiger charge is -2.27. The molecule has 1 saturated heterocycles. The van der Waals surface area contributed by atoms with E-state index in [9.17, 15) is 8.42 Å². The molecule has 1 aliphatic rings. The van der Waals surface area contributed by atoms with E-state index >= 15 is 0 Å². The van der Waals surface area contributed by atoms with Crippen LogP contribution in [0.1, 0.15) is 19.8 Å². The second kappa shape index (κ2) is 6.95. The molecule has 2 heterocycles. The van der Waals surface area contributed by atoms with Crippen LogP contribution in [0.4, 0.5) is 0 Å². The number of methoxy groups -OCH3 is 2. The van der Waals surface area contributed by atoms with Crippen LogP contribution in [0.3, 0.4) is 0 Å². The van der Waals surface area contributed by atoms with Gasteiger partial charge in [0, 0.05) is 24.6 Å². The van der Waals surface area contributed by atoms with Gasteiger partial charge in [0.15, 0.2) is 15.7 Å². The summed E-state index contributed by atoms with van der Waals surface area (Å²) in [7, 11) is -0.665. The van der Waals surface area contributed by atoms with Gasteiger partial charge in [-0.25, -0.2) is 8.42 Å². The molecule has 0 aromatic carbocycles. The van der Waals surface area contributed by atoms with Crippen LogP contribution in [0.25, 0.3) is 0 Å². The molecule has 0 saturated carbocycles. The van der Waals surface area contributed by atoms with Crippen molar-refractivity contribution in [2.24, 2.45) is 0 Å². The largest absolute Gasteiger partial charge is 0.492 e. The molecule has 1 fully saturated rings. The van der Waals surface area contributed by atoms with Gasteiger partial charge in [-0.1, -0.05) is 6.92 Å². The van der Waals surface area contributed by atoms with Crippen LogP contribution >= 0.6 is 11.3 Å². The molecule has 1 atom stereocenters. The predicted octanol–water partition coefficient (Wildman–Crippen LogP) is 1.95. The lowest BCUT2D eigenvalue weighted by atomic mass is 10.2. The maximum absolute atomic E-state index is 13.0. The van der Waals surface area contributed by atoms with Crippen LogP contribution in [-0.4, -0.2) is 52.7 Å². The van der Waals surface area contributed by atoms with Gasteiger partial charge in [-0.05, 0) is 12.8 Å². The zero-order valence-corrected chi connectivity index (χ0v) is 14.1. The van der Waals surface area contributed by atoms with Crippen LogP contribution < -0.4 is 9.47 Å². The maximum Gasteiger partial charge on any atom is 0.256 e. The minimum absolute atomic E-state index is 0.0460. The van der Waals surface area contributed by atoms with Crippen molar-refractivity contribution >= 4 is 21.4 Å². The van der Waals surface area contributed by atoms with E-state index in [1.54, 1.807) is 5.38 Å². The monoisotopic (exact) mass is 335 g/mol. The minimum atomic E-state index is -3.61. The van der Waals surface area contributed by atoms with E-state index in [2.05, 4.69) is 0 Å². The number of thiophene rings is 1. The van der Waals surface area contributed by atoms with Gasteiger partial charge in [0.05, 0.1) is 20.8 Å².